The maximum atomic E-state index is 13.0. The minimum Gasteiger partial charge on any atom is -0.497 e. The van der Waals surface area contributed by atoms with E-state index >= 15 is 0 Å². The summed E-state index contributed by atoms with van der Waals surface area (Å²) in [4.78, 5) is 11.9. The smallest absolute Gasteiger partial charge is 0.314 e. The van der Waals surface area contributed by atoms with Crippen LogP contribution >= 0.6 is 11.6 Å². The molecule has 0 saturated heterocycles. The highest BCUT2D eigenvalue weighted by atomic mass is 35.5. The number of methoxy groups -OCH3 is 1. The predicted molar refractivity (Wildman–Crippen MR) is 95.3 cm³/mol. The molecule has 0 bridgehead atoms. The highest BCUT2D eigenvalue weighted by Crippen LogP contribution is 2.64. The van der Waals surface area contributed by atoms with Gasteiger partial charge in [-0.05, 0) is 42.0 Å². The van der Waals surface area contributed by atoms with E-state index in [1.807, 2.05) is 0 Å². The first-order valence-electron chi connectivity index (χ1n) is 7.76. The van der Waals surface area contributed by atoms with E-state index in [1.165, 1.54) is 31.4 Å². The van der Waals surface area contributed by atoms with Gasteiger partial charge in [0, 0.05) is 10.9 Å². The molecule has 3 atom stereocenters. The molecule has 0 unspecified atom stereocenters. The summed E-state index contributed by atoms with van der Waals surface area (Å²) >= 11 is 5.80. The molecule has 0 heterocycles. The van der Waals surface area contributed by atoms with E-state index < -0.39 is 39.0 Å². The Balaban J connectivity index is 2.08. The molecule has 0 aromatic heterocycles. The standard InChI is InChI=1S/C18H17ClO6S/c1-25-13-6-2-11(3-7-13)15-16(18(15,10-20)17(21)22)26(23,24)14-8-4-12(19)5-9-14/h2-9,15-16,20H,10H2,1H3,(H,21,22)/t15-,16+,18-/m0/s1. The Hall–Kier alpha value is -2.09. The average Bonchev–Trinajstić information content (AvgIpc) is 3.34. The topological polar surface area (TPSA) is 101 Å². The van der Waals surface area contributed by atoms with Crippen molar-refractivity contribution in [3.63, 3.8) is 0 Å². The molecule has 0 spiro atoms. The minimum atomic E-state index is -3.99. The summed E-state index contributed by atoms with van der Waals surface area (Å²) in [5.41, 5.74) is -1.27. The number of carbonyl (C=O) groups is 1. The van der Waals surface area contributed by atoms with Crippen LogP contribution in [0.15, 0.2) is 53.4 Å². The molecule has 1 fully saturated rings. The van der Waals surface area contributed by atoms with Crippen molar-refractivity contribution < 1.29 is 28.2 Å². The zero-order valence-corrected chi connectivity index (χ0v) is 15.4. The molecule has 3 rings (SSSR count). The third-order valence-corrected chi connectivity index (χ3v) is 7.41. The first-order valence-corrected chi connectivity index (χ1v) is 9.69. The molecule has 8 heteroatoms. The van der Waals surface area contributed by atoms with Crippen LogP contribution in [0.4, 0.5) is 0 Å². The molecular formula is C18H17ClO6S. The number of aliphatic carboxylic acids is 1. The Labute approximate surface area is 155 Å². The van der Waals surface area contributed by atoms with Gasteiger partial charge in [-0.25, -0.2) is 8.42 Å². The van der Waals surface area contributed by atoms with Crippen molar-refractivity contribution in [3.8, 4) is 5.75 Å². The van der Waals surface area contributed by atoms with Crippen LogP contribution in [0.5, 0.6) is 5.75 Å². The predicted octanol–water partition coefficient (Wildman–Crippen LogP) is 2.35. The molecule has 1 aliphatic rings. The van der Waals surface area contributed by atoms with Crippen molar-refractivity contribution in [2.45, 2.75) is 16.1 Å². The van der Waals surface area contributed by atoms with Gasteiger partial charge in [-0.3, -0.25) is 4.79 Å². The first-order chi connectivity index (χ1) is 12.3. The maximum absolute atomic E-state index is 13.0. The van der Waals surface area contributed by atoms with Gasteiger partial charge in [-0.2, -0.15) is 0 Å². The number of hydrogen-bond acceptors (Lipinski definition) is 5. The number of aliphatic hydroxyl groups excluding tert-OH is 1. The summed E-state index contributed by atoms with van der Waals surface area (Å²) in [7, 11) is -2.50. The SMILES string of the molecule is COc1ccc([C@H]2[C@@H](S(=O)(=O)c3ccc(Cl)cc3)[C@@]2(CO)C(=O)O)cc1. The van der Waals surface area contributed by atoms with Crippen molar-refractivity contribution in [3.05, 3.63) is 59.1 Å². The molecule has 0 radical (unpaired) electrons. The van der Waals surface area contributed by atoms with Crippen molar-refractivity contribution in [2.24, 2.45) is 5.41 Å². The largest absolute Gasteiger partial charge is 0.497 e. The van der Waals surface area contributed by atoms with Gasteiger partial charge in [-0.15, -0.1) is 0 Å². The van der Waals surface area contributed by atoms with E-state index in [-0.39, 0.29) is 4.90 Å². The Morgan fingerprint density at radius 3 is 2.19 bits per heavy atom. The van der Waals surface area contributed by atoms with Gasteiger partial charge in [0.05, 0.1) is 23.9 Å². The highest BCUT2D eigenvalue weighted by Gasteiger charge is 2.75. The lowest BCUT2D eigenvalue weighted by Gasteiger charge is -2.09. The number of benzene rings is 2. The molecule has 0 aliphatic heterocycles. The Morgan fingerprint density at radius 1 is 1.15 bits per heavy atom. The van der Waals surface area contributed by atoms with Crippen molar-refractivity contribution >= 4 is 27.4 Å². The fourth-order valence-corrected chi connectivity index (χ4v) is 5.92. The van der Waals surface area contributed by atoms with E-state index in [1.54, 1.807) is 24.3 Å². The number of sulfone groups is 1. The molecule has 2 aromatic carbocycles. The number of hydrogen-bond donors (Lipinski definition) is 2. The zero-order valence-electron chi connectivity index (χ0n) is 13.8. The fraction of sp³-hybridized carbons (Fsp3) is 0.278. The highest BCUT2D eigenvalue weighted by molar-refractivity contribution is 7.92. The van der Waals surface area contributed by atoms with Gasteiger partial charge in [-0.1, -0.05) is 23.7 Å². The van der Waals surface area contributed by atoms with E-state index in [4.69, 9.17) is 16.3 Å². The minimum absolute atomic E-state index is 0.0259. The van der Waals surface area contributed by atoms with E-state index in [0.29, 0.717) is 16.3 Å². The van der Waals surface area contributed by atoms with Crippen LogP contribution in [0.25, 0.3) is 0 Å². The number of rotatable bonds is 6. The molecule has 2 aromatic rings. The van der Waals surface area contributed by atoms with Crippen molar-refractivity contribution in [1.29, 1.82) is 0 Å². The van der Waals surface area contributed by atoms with Gasteiger partial charge in [0.2, 0.25) is 0 Å². The lowest BCUT2D eigenvalue weighted by molar-refractivity contribution is -0.145. The Morgan fingerprint density at radius 2 is 1.73 bits per heavy atom. The molecule has 1 saturated carbocycles. The average molecular weight is 397 g/mol. The lowest BCUT2D eigenvalue weighted by atomic mass is 10.00. The van der Waals surface area contributed by atoms with Crippen LogP contribution in [0.3, 0.4) is 0 Å². The summed E-state index contributed by atoms with van der Waals surface area (Å²) in [6, 6.07) is 12.0. The van der Waals surface area contributed by atoms with Gasteiger partial charge < -0.3 is 14.9 Å². The number of aliphatic hydroxyl groups is 1. The number of carboxylic acids is 1. The lowest BCUT2D eigenvalue weighted by Crippen LogP contribution is -2.27. The molecule has 6 nitrogen and oxygen atoms in total. The quantitative estimate of drug-likeness (QED) is 0.777. The van der Waals surface area contributed by atoms with Crippen LogP contribution in [-0.2, 0) is 14.6 Å². The van der Waals surface area contributed by atoms with Crippen LogP contribution in [-0.4, -0.2) is 43.6 Å². The van der Waals surface area contributed by atoms with Crippen LogP contribution < -0.4 is 4.74 Å². The van der Waals surface area contributed by atoms with Crippen molar-refractivity contribution in [1.82, 2.24) is 0 Å². The summed E-state index contributed by atoms with van der Waals surface area (Å²) < 4.78 is 31.2. The van der Waals surface area contributed by atoms with Gasteiger partial charge in [0.25, 0.3) is 0 Å². The second-order valence-electron chi connectivity index (χ2n) is 6.17. The number of carboxylic acid groups (broad SMARTS) is 1. The zero-order chi connectivity index (χ0) is 19.1. The van der Waals surface area contributed by atoms with Crippen LogP contribution in [0.1, 0.15) is 11.5 Å². The first kappa shape index (κ1) is 18.7. The summed E-state index contributed by atoms with van der Waals surface area (Å²) in [5.74, 6) is -1.64. The van der Waals surface area contributed by atoms with Gasteiger partial charge >= 0.3 is 5.97 Å². The Bertz CT molecular complexity index is 923. The summed E-state index contributed by atoms with van der Waals surface area (Å²) in [6.07, 6.45) is 0. The van der Waals surface area contributed by atoms with E-state index in [2.05, 4.69) is 0 Å². The molecule has 2 N–H and O–H groups in total. The normalized spacial score (nSPS) is 24.9. The third kappa shape index (κ3) is 2.76. The van der Waals surface area contributed by atoms with Crippen LogP contribution in [0, 0.1) is 5.41 Å². The summed E-state index contributed by atoms with van der Waals surface area (Å²) in [6.45, 7) is -0.781. The Kier molecular flexibility index (Phi) is 4.72. The molecule has 138 valence electrons. The summed E-state index contributed by atoms with van der Waals surface area (Å²) in [5, 5.41) is 18.6. The van der Waals surface area contributed by atoms with Gasteiger partial charge in [0.15, 0.2) is 9.84 Å². The van der Waals surface area contributed by atoms with E-state index in [9.17, 15) is 23.4 Å². The second kappa shape index (κ2) is 6.57. The van der Waals surface area contributed by atoms with Gasteiger partial charge in [0.1, 0.15) is 11.2 Å². The molecule has 26 heavy (non-hydrogen) atoms. The molecular weight excluding hydrogens is 380 g/mol. The third-order valence-electron chi connectivity index (χ3n) is 4.87. The van der Waals surface area contributed by atoms with E-state index in [0.717, 1.165) is 0 Å². The maximum Gasteiger partial charge on any atom is 0.314 e. The monoisotopic (exact) mass is 396 g/mol. The van der Waals surface area contributed by atoms with Crippen LogP contribution in [0.2, 0.25) is 5.02 Å². The number of ether oxygens (including phenoxy) is 1. The van der Waals surface area contributed by atoms with Crippen molar-refractivity contribution in [2.75, 3.05) is 13.7 Å². The fourth-order valence-electron chi connectivity index (χ4n) is 3.43. The second-order valence-corrected chi connectivity index (χ2v) is 8.68. The molecule has 1 aliphatic carbocycles. The molecule has 0 amide bonds. The number of halogens is 1.